The van der Waals surface area contributed by atoms with Crippen molar-refractivity contribution in [3.8, 4) is 0 Å². The first-order chi connectivity index (χ1) is 10.0. The van der Waals surface area contributed by atoms with Crippen molar-refractivity contribution in [3.05, 3.63) is 34.4 Å². The van der Waals surface area contributed by atoms with Crippen molar-refractivity contribution >= 4 is 32.6 Å². The standard InChI is InChI=1S/C18H22BrNO/c1-12(2)10-18(7-3-4-8-18)17(21)15-11-20-16-6-5-13(19)9-14(15)16/h5-6,9,11-12,20H,3-4,7-8,10H2,1-2H3. The van der Waals surface area contributed by atoms with Crippen LogP contribution in [0, 0.1) is 11.3 Å². The summed E-state index contributed by atoms with van der Waals surface area (Å²) in [4.78, 5) is 16.5. The Morgan fingerprint density at radius 2 is 2.05 bits per heavy atom. The third kappa shape index (κ3) is 2.68. The minimum atomic E-state index is -0.133. The number of nitrogens with one attached hydrogen (secondary N) is 1. The first kappa shape index (κ1) is 14.8. The number of Topliss-reactive ketones (excluding diaryl/α,β-unsaturated/α-hetero) is 1. The molecule has 1 aliphatic rings. The monoisotopic (exact) mass is 347 g/mol. The van der Waals surface area contributed by atoms with Gasteiger partial charge in [0.1, 0.15) is 0 Å². The Morgan fingerprint density at radius 3 is 2.71 bits per heavy atom. The average molecular weight is 348 g/mol. The van der Waals surface area contributed by atoms with Crippen LogP contribution in [0.3, 0.4) is 0 Å². The SMILES string of the molecule is CC(C)CC1(C(=O)c2c[nH]c3ccc(Br)cc23)CCCC1. The second-order valence-corrected chi connectivity index (χ2v) is 7.72. The van der Waals surface area contributed by atoms with Gasteiger partial charge in [0, 0.05) is 32.6 Å². The number of halogens is 1. The highest BCUT2D eigenvalue weighted by molar-refractivity contribution is 9.10. The van der Waals surface area contributed by atoms with Crippen LogP contribution in [0.5, 0.6) is 0 Å². The van der Waals surface area contributed by atoms with Crippen LogP contribution < -0.4 is 0 Å². The molecule has 0 aliphatic heterocycles. The van der Waals surface area contributed by atoms with Crippen molar-refractivity contribution in [1.82, 2.24) is 4.98 Å². The predicted molar refractivity (Wildman–Crippen MR) is 90.7 cm³/mol. The molecule has 1 saturated carbocycles. The van der Waals surface area contributed by atoms with Gasteiger partial charge in [-0.15, -0.1) is 0 Å². The predicted octanol–water partition coefficient (Wildman–Crippen LogP) is 5.72. The summed E-state index contributed by atoms with van der Waals surface area (Å²) in [6, 6.07) is 6.09. The number of hydrogen-bond acceptors (Lipinski definition) is 1. The summed E-state index contributed by atoms with van der Waals surface area (Å²) in [5, 5.41) is 1.05. The molecule has 112 valence electrons. The van der Waals surface area contributed by atoms with E-state index in [1.165, 1.54) is 12.8 Å². The lowest BCUT2D eigenvalue weighted by Crippen LogP contribution is -2.29. The lowest BCUT2D eigenvalue weighted by atomic mass is 9.73. The van der Waals surface area contributed by atoms with Gasteiger partial charge in [-0.05, 0) is 43.4 Å². The summed E-state index contributed by atoms with van der Waals surface area (Å²) in [5.74, 6) is 0.905. The second kappa shape index (κ2) is 5.60. The number of carbonyl (C=O) groups is 1. The van der Waals surface area contributed by atoms with Crippen molar-refractivity contribution < 1.29 is 4.79 Å². The number of rotatable bonds is 4. The van der Waals surface area contributed by atoms with Crippen molar-refractivity contribution in [2.75, 3.05) is 0 Å². The molecule has 1 N–H and O–H groups in total. The summed E-state index contributed by atoms with van der Waals surface area (Å²) in [6.07, 6.45) is 7.37. The lowest BCUT2D eigenvalue weighted by molar-refractivity contribution is 0.0762. The maximum Gasteiger partial charge on any atom is 0.171 e. The molecule has 0 atom stereocenters. The van der Waals surface area contributed by atoms with Crippen molar-refractivity contribution in [1.29, 1.82) is 0 Å². The van der Waals surface area contributed by atoms with Gasteiger partial charge in [-0.2, -0.15) is 0 Å². The molecule has 1 heterocycles. The van der Waals surface area contributed by atoms with E-state index in [0.717, 1.165) is 40.2 Å². The van der Waals surface area contributed by atoms with Crippen LogP contribution in [0.2, 0.25) is 0 Å². The number of hydrogen-bond donors (Lipinski definition) is 1. The average Bonchev–Trinajstić information content (AvgIpc) is 3.04. The number of benzene rings is 1. The molecule has 1 aromatic carbocycles. The lowest BCUT2D eigenvalue weighted by Gasteiger charge is -2.29. The molecule has 0 saturated heterocycles. The van der Waals surface area contributed by atoms with Crippen molar-refractivity contribution in [2.24, 2.45) is 11.3 Å². The summed E-state index contributed by atoms with van der Waals surface area (Å²) in [7, 11) is 0. The Kier molecular flexibility index (Phi) is 3.96. The smallest absolute Gasteiger partial charge is 0.171 e. The van der Waals surface area contributed by atoms with E-state index in [-0.39, 0.29) is 5.41 Å². The van der Waals surface area contributed by atoms with E-state index in [4.69, 9.17) is 0 Å². The molecule has 1 aliphatic carbocycles. The molecular formula is C18H22BrNO. The normalized spacial score (nSPS) is 17.7. The highest BCUT2D eigenvalue weighted by atomic mass is 79.9. The van der Waals surface area contributed by atoms with Crippen LogP contribution in [0.15, 0.2) is 28.9 Å². The minimum Gasteiger partial charge on any atom is -0.360 e. The Labute approximate surface area is 134 Å². The molecule has 2 nitrogen and oxygen atoms in total. The highest BCUT2D eigenvalue weighted by Gasteiger charge is 2.42. The zero-order valence-electron chi connectivity index (χ0n) is 12.7. The molecule has 3 heteroatoms. The number of aromatic nitrogens is 1. The number of carbonyl (C=O) groups excluding carboxylic acids is 1. The maximum absolute atomic E-state index is 13.3. The van der Waals surface area contributed by atoms with Gasteiger partial charge in [-0.1, -0.05) is 42.6 Å². The van der Waals surface area contributed by atoms with Gasteiger partial charge in [-0.3, -0.25) is 4.79 Å². The molecule has 0 amide bonds. The van der Waals surface area contributed by atoms with Gasteiger partial charge in [0.2, 0.25) is 0 Å². The van der Waals surface area contributed by atoms with Crippen LogP contribution in [-0.2, 0) is 0 Å². The topological polar surface area (TPSA) is 32.9 Å². The molecule has 0 radical (unpaired) electrons. The second-order valence-electron chi connectivity index (χ2n) is 6.81. The molecule has 0 spiro atoms. The first-order valence-electron chi connectivity index (χ1n) is 7.83. The highest BCUT2D eigenvalue weighted by Crippen LogP contribution is 2.46. The third-order valence-electron chi connectivity index (χ3n) is 4.73. The van der Waals surface area contributed by atoms with E-state index in [1.807, 2.05) is 18.3 Å². The molecular weight excluding hydrogens is 326 g/mol. The van der Waals surface area contributed by atoms with E-state index < -0.39 is 0 Å². The first-order valence-corrected chi connectivity index (χ1v) is 8.63. The zero-order chi connectivity index (χ0) is 15.0. The van der Waals surface area contributed by atoms with E-state index in [9.17, 15) is 4.79 Å². The van der Waals surface area contributed by atoms with Crippen LogP contribution in [-0.4, -0.2) is 10.8 Å². The number of aromatic amines is 1. The van der Waals surface area contributed by atoms with Crippen LogP contribution in [0.1, 0.15) is 56.3 Å². The Morgan fingerprint density at radius 1 is 1.33 bits per heavy atom. The van der Waals surface area contributed by atoms with Crippen molar-refractivity contribution in [2.45, 2.75) is 46.0 Å². The van der Waals surface area contributed by atoms with Gasteiger partial charge < -0.3 is 4.98 Å². The molecule has 0 unspecified atom stereocenters. The fourth-order valence-electron chi connectivity index (χ4n) is 3.92. The summed E-state index contributed by atoms with van der Waals surface area (Å²) >= 11 is 3.51. The fraction of sp³-hybridized carbons (Fsp3) is 0.500. The van der Waals surface area contributed by atoms with Gasteiger partial charge in [-0.25, -0.2) is 0 Å². The third-order valence-corrected chi connectivity index (χ3v) is 5.22. The Balaban J connectivity index is 2.04. The maximum atomic E-state index is 13.3. The molecule has 1 aromatic heterocycles. The number of fused-ring (bicyclic) bond motifs is 1. The van der Waals surface area contributed by atoms with Crippen molar-refractivity contribution in [3.63, 3.8) is 0 Å². The molecule has 1 fully saturated rings. The summed E-state index contributed by atoms with van der Waals surface area (Å²) < 4.78 is 1.02. The van der Waals surface area contributed by atoms with Gasteiger partial charge in [0.15, 0.2) is 5.78 Å². The molecule has 0 bridgehead atoms. The van der Waals surface area contributed by atoms with Crippen LogP contribution >= 0.6 is 15.9 Å². The summed E-state index contributed by atoms with van der Waals surface area (Å²) in [6.45, 7) is 4.44. The van der Waals surface area contributed by atoms with Crippen LogP contribution in [0.25, 0.3) is 10.9 Å². The van der Waals surface area contributed by atoms with E-state index in [2.05, 4.69) is 40.8 Å². The number of ketones is 1. The van der Waals surface area contributed by atoms with Gasteiger partial charge in [0.05, 0.1) is 0 Å². The molecule has 2 aromatic rings. The van der Waals surface area contributed by atoms with E-state index in [1.54, 1.807) is 0 Å². The molecule has 3 rings (SSSR count). The zero-order valence-corrected chi connectivity index (χ0v) is 14.3. The Bertz CT molecular complexity index is 665. The van der Waals surface area contributed by atoms with Gasteiger partial charge >= 0.3 is 0 Å². The largest absolute Gasteiger partial charge is 0.360 e. The quantitative estimate of drug-likeness (QED) is 0.704. The van der Waals surface area contributed by atoms with E-state index in [0.29, 0.717) is 11.7 Å². The summed E-state index contributed by atoms with van der Waals surface area (Å²) in [5.41, 5.74) is 1.78. The van der Waals surface area contributed by atoms with E-state index >= 15 is 0 Å². The number of H-pyrrole nitrogens is 1. The van der Waals surface area contributed by atoms with Crippen LogP contribution in [0.4, 0.5) is 0 Å². The Hall–Kier alpha value is -1.09. The van der Waals surface area contributed by atoms with Gasteiger partial charge in [0.25, 0.3) is 0 Å². The minimum absolute atomic E-state index is 0.133. The molecule has 21 heavy (non-hydrogen) atoms. The fourth-order valence-corrected chi connectivity index (χ4v) is 4.28.